The lowest BCUT2D eigenvalue weighted by atomic mass is 10.1. The lowest BCUT2D eigenvalue weighted by Gasteiger charge is -2.20. The summed E-state index contributed by atoms with van der Waals surface area (Å²) in [5.41, 5.74) is 2.60. The summed E-state index contributed by atoms with van der Waals surface area (Å²) in [5.74, 6) is 0.951. The molecule has 0 aliphatic rings. The Morgan fingerprint density at radius 3 is 2.44 bits per heavy atom. The minimum absolute atomic E-state index is 0.294. The van der Waals surface area contributed by atoms with Gasteiger partial charge in [0, 0.05) is 12.2 Å². The average molecular weight is 548 g/mol. The van der Waals surface area contributed by atoms with Gasteiger partial charge in [0.25, 0.3) is 0 Å². The van der Waals surface area contributed by atoms with E-state index in [4.69, 9.17) is 16.3 Å². The molecule has 1 heterocycles. The fourth-order valence-corrected chi connectivity index (χ4v) is 3.69. The summed E-state index contributed by atoms with van der Waals surface area (Å²) in [6.07, 6.45) is 2.73. The summed E-state index contributed by atoms with van der Waals surface area (Å²) in [7, 11) is 7.56. The second-order valence-electron chi connectivity index (χ2n) is 8.83. The second-order valence-corrected chi connectivity index (χ2v) is 9.24. The maximum absolute atomic E-state index is 11.9. The highest BCUT2D eigenvalue weighted by Gasteiger charge is 2.17. The quantitative estimate of drug-likeness (QED) is 0.176. The van der Waals surface area contributed by atoms with Gasteiger partial charge in [-0.1, -0.05) is 48.5 Å². The van der Waals surface area contributed by atoms with Crippen LogP contribution in [0.2, 0.25) is 5.02 Å². The van der Waals surface area contributed by atoms with Gasteiger partial charge in [0.1, 0.15) is 16.5 Å². The van der Waals surface area contributed by atoms with Crippen molar-refractivity contribution in [3.63, 3.8) is 0 Å². The van der Waals surface area contributed by atoms with Crippen molar-refractivity contribution in [2.45, 2.75) is 6.92 Å². The fraction of sp³-hybridized carbons (Fsp3) is 0.207. The molecule has 0 radical (unpaired) electrons. The smallest absolute Gasteiger partial charge is 0.247 e. The van der Waals surface area contributed by atoms with Gasteiger partial charge < -0.3 is 30.9 Å². The topological polar surface area (TPSA) is 103 Å². The number of rotatable bonds is 9. The minimum Gasteiger partial charge on any atom is -0.494 e. The summed E-state index contributed by atoms with van der Waals surface area (Å²) >= 11 is 6.40. The van der Waals surface area contributed by atoms with Gasteiger partial charge in [-0.3, -0.25) is 4.79 Å². The molecule has 39 heavy (non-hydrogen) atoms. The van der Waals surface area contributed by atoms with Crippen LogP contribution in [0.1, 0.15) is 6.92 Å². The van der Waals surface area contributed by atoms with Gasteiger partial charge in [0.15, 0.2) is 5.82 Å². The third kappa shape index (κ3) is 8.07. The molecule has 0 saturated heterocycles. The maximum atomic E-state index is 11.9. The van der Waals surface area contributed by atoms with Crippen molar-refractivity contribution < 1.29 is 9.53 Å². The fourth-order valence-electron chi connectivity index (χ4n) is 3.56. The van der Waals surface area contributed by atoms with Crippen molar-refractivity contribution in [1.29, 1.82) is 0 Å². The molecule has 9 nitrogen and oxygen atoms in total. The molecular formula is C29H34ClN7O2. The second kappa shape index (κ2) is 14.0. The Morgan fingerprint density at radius 1 is 1.05 bits per heavy atom. The Bertz CT molecular complexity index is 1440. The van der Waals surface area contributed by atoms with Crippen molar-refractivity contribution in [3.05, 3.63) is 78.5 Å². The molecule has 1 aromatic heterocycles. The van der Waals surface area contributed by atoms with Crippen LogP contribution in [0.4, 0.5) is 34.5 Å². The molecule has 4 aromatic rings. The number of amides is 1. The van der Waals surface area contributed by atoms with Crippen LogP contribution >= 0.6 is 11.6 Å². The number of anilines is 6. The summed E-state index contributed by atoms with van der Waals surface area (Å²) in [6.45, 7) is 6.07. The molecule has 4 N–H and O–H groups in total. The number of methoxy groups -OCH3 is 1. The third-order valence-electron chi connectivity index (χ3n) is 5.18. The highest BCUT2D eigenvalue weighted by atomic mass is 35.5. The number of carbonyl (C=O) groups is 1. The number of halogens is 1. The van der Waals surface area contributed by atoms with Gasteiger partial charge in [0.05, 0.1) is 24.7 Å². The van der Waals surface area contributed by atoms with Crippen LogP contribution in [0.3, 0.4) is 0 Å². The monoisotopic (exact) mass is 547 g/mol. The van der Waals surface area contributed by atoms with E-state index in [0.717, 1.165) is 16.5 Å². The lowest BCUT2D eigenvalue weighted by molar-refractivity contribution is -0.111. The Balaban J connectivity index is 0.000000983. The van der Waals surface area contributed by atoms with E-state index in [2.05, 4.69) is 43.9 Å². The highest BCUT2D eigenvalue weighted by molar-refractivity contribution is 6.33. The van der Waals surface area contributed by atoms with E-state index >= 15 is 0 Å². The molecule has 0 saturated carbocycles. The van der Waals surface area contributed by atoms with Gasteiger partial charge in [0.2, 0.25) is 11.9 Å². The SMILES string of the molecule is C=CC(=O)Nc1ccc(OC)c(Nc2ncc(Cl)c(Nc3ccc4ccccc4c3)n2)c1NCC.CN(C)C. The molecule has 0 aliphatic heterocycles. The predicted octanol–water partition coefficient (Wildman–Crippen LogP) is 6.51. The summed E-state index contributed by atoms with van der Waals surface area (Å²) in [4.78, 5) is 22.8. The van der Waals surface area contributed by atoms with Crippen LogP contribution in [-0.4, -0.2) is 55.6 Å². The predicted molar refractivity (Wildman–Crippen MR) is 163 cm³/mol. The van der Waals surface area contributed by atoms with E-state index in [1.54, 1.807) is 19.2 Å². The van der Waals surface area contributed by atoms with E-state index in [9.17, 15) is 4.79 Å². The van der Waals surface area contributed by atoms with E-state index in [0.29, 0.717) is 46.1 Å². The zero-order valence-electron chi connectivity index (χ0n) is 22.8. The van der Waals surface area contributed by atoms with E-state index in [1.807, 2.05) is 69.4 Å². The molecule has 10 heteroatoms. The van der Waals surface area contributed by atoms with Crippen molar-refractivity contribution in [3.8, 4) is 5.75 Å². The third-order valence-corrected chi connectivity index (χ3v) is 5.45. The number of benzene rings is 3. The molecule has 0 fully saturated rings. The largest absolute Gasteiger partial charge is 0.494 e. The zero-order chi connectivity index (χ0) is 28.4. The number of nitrogens with zero attached hydrogens (tertiary/aromatic N) is 3. The molecule has 0 spiro atoms. The van der Waals surface area contributed by atoms with Crippen LogP contribution in [0.15, 0.2) is 73.4 Å². The zero-order valence-corrected chi connectivity index (χ0v) is 23.6. The molecule has 4 rings (SSSR count). The molecule has 0 bridgehead atoms. The number of fused-ring (bicyclic) bond motifs is 1. The van der Waals surface area contributed by atoms with Crippen molar-refractivity contribution in [2.75, 3.05) is 56.1 Å². The van der Waals surface area contributed by atoms with Gasteiger partial charge in [-0.15, -0.1) is 0 Å². The standard InChI is InChI=1S/C26H25ClN6O2.C3H9N/c1-4-22(34)31-20-12-13-21(35-3)24(23(20)28-5-2)32-26-29-15-19(27)25(33-26)30-18-11-10-16-8-6-7-9-17(16)14-18;1-4(2)3/h4,6-15,28H,1,5H2,2-3H3,(H,31,34)(H2,29,30,32,33);1-3H3. The Hall–Kier alpha value is -4.34. The highest BCUT2D eigenvalue weighted by Crippen LogP contribution is 2.40. The van der Waals surface area contributed by atoms with Crippen molar-refractivity contribution >= 4 is 62.8 Å². The minimum atomic E-state index is -0.329. The molecule has 3 aromatic carbocycles. The lowest BCUT2D eigenvalue weighted by Crippen LogP contribution is -2.13. The van der Waals surface area contributed by atoms with Gasteiger partial charge >= 0.3 is 0 Å². The Labute approximate surface area is 234 Å². The molecule has 0 atom stereocenters. The first kappa shape index (κ1) is 29.2. The molecular weight excluding hydrogens is 514 g/mol. The van der Waals surface area contributed by atoms with Crippen LogP contribution in [-0.2, 0) is 4.79 Å². The van der Waals surface area contributed by atoms with Gasteiger partial charge in [-0.05, 0) is 69.2 Å². The Morgan fingerprint density at radius 2 is 1.77 bits per heavy atom. The first-order valence-electron chi connectivity index (χ1n) is 12.3. The summed E-state index contributed by atoms with van der Waals surface area (Å²) in [6, 6.07) is 17.6. The maximum Gasteiger partial charge on any atom is 0.247 e. The van der Waals surface area contributed by atoms with E-state index < -0.39 is 0 Å². The first-order chi connectivity index (χ1) is 18.7. The number of aromatic nitrogens is 2. The molecule has 204 valence electrons. The molecule has 1 amide bonds. The summed E-state index contributed by atoms with van der Waals surface area (Å²) < 4.78 is 5.55. The summed E-state index contributed by atoms with van der Waals surface area (Å²) in [5, 5.41) is 15.1. The van der Waals surface area contributed by atoms with Crippen LogP contribution < -0.4 is 26.0 Å². The molecule has 0 aliphatic carbocycles. The Kier molecular flexibility index (Phi) is 10.5. The number of hydrogen-bond acceptors (Lipinski definition) is 8. The van der Waals surface area contributed by atoms with Crippen LogP contribution in [0, 0.1) is 0 Å². The van der Waals surface area contributed by atoms with E-state index in [-0.39, 0.29) is 5.91 Å². The number of carbonyl (C=O) groups excluding carboxylic acids is 1. The number of ether oxygens (including phenoxy) is 1. The van der Waals surface area contributed by atoms with Crippen LogP contribution in [0.5, 0.6) is 5.75 Å². The van der Waals surface area contributed by atoms with Gasteiger partial charge in [-0.25, -0.2) is 4.98 Å². The molecule has 0 unspecified atom stereocenters. The van der Waals surface area contributed by atoms with Crippen LogP contribution in [0.25, 0.3) is 10.8 Å². The number of nitrogens with one attached hydrogen (secondary N) is 4. The van der Waals surface area contributed by atoms with Crippen molar-refractivity contribution in [2.24, 2.45) is 0 Å². The number of hydrogen-bond donors (Lipinski definition) is 4. The first-order valence-corrected chi connectivity index (χ1v) is 12.7. The normalized spacial score (nSPS) is 10.3. The van der Waals surface area contributed by atoms with Crippen molar-refractivity contribution in [1.82, 2.24) is 14.9 Å². The van der Waals surface area contributed by atoms with Gasteiger partial charge in [-0.2, -0.15) is 4.98 Å². The average Bonchev–Trinajstić information content (AvgIpc) is 2.92. The van der Waals surface area contributed by atoms with E-state index in [1.165, 1.54) is 12.3 Å².